The predicted molar refractivity (Wildman–Crippen MR) is 66.4 cm³/mol. The molecular weight excluding hydrogens is 324 g/mol. The lowest BCUT2D eigenvalue weighted by atomic mass is 10.2. The van der Waals surface area contributed by atoms with Crippen LogP contribution in [0.1, 0.15) is 12.5 Å². The summed E-state index contributed by atoms with van der Waals surface area (Å²) in [7, 11) is 0. The van der Waals surface area contributed by atoms with Crippen molar-refractivity contribution in [3.8, 4) is 5.75 Å². The molecule has 0 bridgehead atoms. The van der Waals surface area contributed by atoms with E-state index >= 15 is 0 Å². The highest BCUT2D eigenvalue weighted by Crippen LogP contribution is 2.33. The van der Waals surface area contributed by atoms with E-state index < -0.39 is 0 Å². The molecule has 82 valence electrons. The Morgan fingerprint density at radius 2 is 2.00 bits per heavy atom. The quantitative estimate of drug-likeness (QED) is 0.786. The Hall–Kier alpha value is -0.0600. The van der Waals surface area contributed by atoms with Crippen LogP contribution in [0.15, 0.2) is 21.1 Å². The lowest BCUT2D eigenvalue weighted by molar-refractivity contribution is 0.201. The standard InChI is InChI=1S/C11H12Br2O2/c1-7-3-8(12)9(13)4-10(7)14-5-11(2)6-15-11/h3-4H,5-6H2,1-2H3. The van der Waals surface area contributed by atoms with Gasteiger partial charge >= 0.3 is 0 Å². The van der Waals surface area contributed by atoms with Crippen molar-refractivity contribution in [3.05, 3.63) is 26.6 Å². The molecule has 1 aromatic carbocycles. The molecule has 0 spiro atoms. The van der Waals surface area contributed by atoms with Crippen molar-refractivity contribution in [2.75, 3.05) is 13.2 Å². The fourth-order valence-electron chi connectivity index (χ4n) is 1.22. The maximum atomic E-state index is 5.72. The monoisotopic (exact) mass is 334 g/mol. The zero-order valence-electron chi connectivity index (χ0n) is 8.64. The molecule has 0 aromatic heterocycles. The fraction of sp³-hybridized carbons (Fsp3) is 0.455. The minimum atomic E-state index is -0.0635. The molecule has 1 saturated heterocycles. The van der Waals surface area contributed by atoms with E-state index in [1.165, 1.54) is 0 Å². The summed E-state index contributed by atoms with van der Waals surface area (Å²) in [6.45, 7) is 5.49. The first-order chi connectivity index (χ1) is 7.00. The van der Waals surface area contributed by atoms with E-state index in [1.807, 2.05) is 19.1 Å². The van der Waals surface area contributed by atoms with E-state index in [0.717, 1.165) is 26.9 Å². The van der Waals surface area contributed by atoms with Crippen LogP contribution in [0.3, 0.4) is 0 Å². The average Bonchev–Trinajstić information content (AvgIpc) is 2.89. The minimum Gasteiger partial charge on any atom is -0.490 e. The molecule has 1 aromatic rings. The van der Waals surface area contributed by atoms with E-state index in [2.05, 4.69) is 38.8 Å². The van der Waals surface area contributed by atoms with Crippen LogP contribution < -0.4 is 4.74 Å². The summed E-state index contributed by atoms with van der Waals surface area (Å²) in [6.07, 6.45) is 0. The SMILES string of the molecule is Cc1cc(Br)c(Br)cc1OCC1(C)CO1. The molecular formula is C11H12Br2O2. The summed E-state index contributed by atoms with van der Waals surface area (Å²) in [5.74, 6) is 0.904. The Labute approximate surface area is 106 Å². The Kier molecular flexibility index (Phi) is 3.10. The van der Waals surface area contributed by atoms with Crippen molar-refractivity contribution in [1.82, 2.24) is 0 Å². The highest BCUT2D eigenvalue weighted by Gasteiger charge is 2.40. The molecule has 2 rings (SSSR count). The Bertz CT molecular complexity index is 386. The minimum absolute atomic E-state index is 0.0635. The Balaban J connectivity index is 2.10. The van der Waals surface area contributed by atoms with Gasteiger partial charge in [0.2, 0.25) is 0 Å². The van der Waals surface area contributed by atoms with Crippen molar-refractivity contribution >= 4 is 31.9 Å². The van der Waals surface area contributed by atoms with Gasteiger partial charge in [-0.1, -0.05) is 0 Å². The summed E-state index contributed by atoms with van der Waals surface area (Å²) in [5, 5.41) is 0. The lowest BCUT2D eigenvalue weighted by Crippen LogP contribution is -2.17. The van der Waals surface area contributed by atoms with Gasteiger partial charge in [0.15, 0.2) is 0 Å². The normalized spacial score (nSPS) is 24.0. The highest BCUT2D eigenvalue weighted by molar-refractivity contribution is 9.13. The van der Waals surface area contributed by atoms with Gasteiger partial charge in [-0.05, 0) is 63.4 Å². The van der Waals surface area contributed by atoms with Crippen LogP contribution in [0.25, 0.3) is 0 Å². The molecule has 15 heavy (non-hydrogen) atoms. The number of halogens is 2. The Morgan fingerprint density at radius 3 is 2.60 bits per heavy atom. The molecule has 0 N–H and O–H groups in total. The second-order valence-electron chi connectivity index (χ2n) is 4.06. The molecule has 1 aliphatic heterocycles. The van der Waals surface area contributed by atoms with Gasteiger partial charge in [-0.3, -0.25) is 0 Å². The number of aryl methyl sites for hydroxylation is 1. The molecule has 1 atom stereocenters. The summed E-state index contributed by atoms with van der Waals surface area (Å²) in [4.78, 5) is 0. The first-order valence-electron chi connectivity index (χ1n) is 4.73. The molecule has 0 saturated carbocycles. The van der Waals surface area contributed by atoms with Crippen molar-refractivity contribution in [3.63, 3.8) is 0 Å². The summed E-state index contributed by atoms with van der Waals surface area (Å²) in [6, 6.07) is 4.01. The van der Waals surface area contributed by atoms with Crippen LogP contribution in [-0.2, 0) is 4.74 Å². The molecule has 0 aliphatic carbocycles. The largest absolute Gasteiger partial charge is 0.490 e. The molecule has 4 heteroatoms. The molecule has 1 fully saturated rings. The van der Waals surface area contributed by atoms with E-state index in [4.69, 9.17) is 9.47 Å². The maximum Gasteiger partial charge on any atom is 0.123 e. The van der Waals surface area contributed by atoms with Gasteiger partial charge in [0.05, 0.1) is 6.61 Å². The topological polar surface area (TPSA) is 21.8 Å². The summed E-state index contributed by atoms with van der Waals surface area (Å²) in [5.41, 5.74) is 1.06. The van der Waals surface area contributed by atoms with Gasteiger partial charge < -0.3 is 9.47 Å². The van der Waals surface area contributed by atoms with E-state index in [0.29, 0.717) is 6.61 Å². The summed E-state index contributed by atoms with van der Waals surface area (Å²) >= 11 is 6.91. The van der Waals surface area contributed by atoms with E-state index in [9.17, 15) is 0 Å². The maximum absolute atomic E-state index is 5.72. The first kappa shape index (κ1) is 11.4. The number of hydrogen-bond donors (Lipinski definition) is 0. The molecule has 0 amide bonds. The fourth-order valence-corrected chi connectivity index (χ4v) is 2.00. The predicted octanol–water partition coefficient (Wildman–Crippen LogP) is 3.69. The number of rotatable bonds is 3. The van der Waals surface area contributed by atoms with Crippen molar-refractivity contribution in [2.45, 2.75) is 19.4 Å². The van der Waals surface area contributed by atoms with Gasteiger partial charge in [-0.25, -0.2) is 0 Å². The zero-order chi connectivity index (χ0) is 11.1. The molecule has 1 aliphatic rings. The molecule has 1 heterocycles. The van der Waals surface area contributed by atoms with Crippen LogP contribution in [0.4, 0.5) is 0 Å². The van der Waals surface area contributed by atoms with Crippen molar-refractivity contribution in [2.24, 2.45) is 0 Å². The number of epoxide rings is 1. The number of benzene rings is 1. The van der Waals surface area contributed by atoms with Gasteiger partial charge in [-0.2, -0.15) is 0 Å². The summed E-state index contributed by atoms with van der Waals surface area (Å²) < 4.78 is 13.0. The smallest absolute Gasteiger partial charge is 0.123 e. The molecule has 2 nitrogen and oxygen atoms in total. The second kappa shape index (κ2) is 4.07. The number of hydrogen-bond acceptors (Lipinski definition) is 2. The molecule has 0 radical (unpaired) electrons. The first-order valence-corrected chi connectivity index (χ1v) is 6.31. The van der Waals surface area contributed by atoms with E-state index in [1.54, 1.807) is 0 Å². The van der Waals surface area contributed by atoms with Crippen LogP contribution in [-0.4, -0.2) is 18.8 Å². The van der Waals surface area contributed by atoms with Gasteiger partial charge in [0, 0.05) is 8.95 Å². The van der Waals surface area contributed by atoms with E-state index in [-0.39, 0.29) is 5.60 Å². The zero-order valence-corrected chi connectivity index (χ0v) is 11.8. The third-order valence-electron chi connectivity index (χ3n) is 2.39. The van der Waals surface area contributed by atoms with Crippen molar-refractivity contribution < 1.29 is 9.47 Å². The van der Waals surface area contributed by atoms with Crippen LogP contribution in [0.2, 0.25) is 0 Å². The average molecular weight is 336 g/mol. The van der Waals surface area contributed by atoms with Gasteiger partial charge in [0.25, 0.3) is 0 Å². The number of ether oxygens (including phenoxy) is 2. The highest BCUT2D eigenvalue weighted by atomic mass is 79.9. The van der Waals surface area contributed by atoms with Crippen molar-refractivity contribution in [1.29, 1.82) is 0 Å². The van der Waals surface area contributed by atoms with Gasteiger partial charge in [-0.15, -0.1) is 0 Å². The van der Waals surface area contributed by atoms with Crippen LogP contribution in [0.5, 0.6) is 5.75 Å². The lowest BCUT2D eigenvalue weighted by Gasteiger charge is -2.12. The molecule has 1 unspecified atom stereocenters. The Morgan fingerprint density at radius 1 is 1.40 bits per heavy atom. The van der Waals surface area contributed by atoms with Crippen LogP contribution >= 0.6 is 31.9 Å². The van der Waals surface area contributed by atoms with Gasteiger partial charge in [0.1, 0.15) is 18.0 Å². The van der Waals surface area contributed by atoms with Crippen LogP contribution in [0, 0.1) is 6.92 Å². The third kappa shape index (κ3) is 2.74. The third-order valence-corrected chi connectivity index (χ3v) is 4.23. The second-order valence-corrected chi connectivity index (χ2v) is 5.77.